The number of carbonyl (C=O) groups is 6. The molecule has 0 aromatic heterocycles. The normalized spacial score (nSPS) is 15.5. The number of nitrogens with one attached hydrogen (secondary N) is 3. The smallest absolute Gasteiger partial charge is 0.325 e. The number of carbonyl (C=O) groups excluding carboxylic acids is 6. The van der Waals surface area contributed by atoms with Gasteiger partial charge in [-0.2, -0.15) is 0 Å². The molecule has 7 atom stereocenters. The van der Waals surface area contributed by atoms with E-state index >= 15 is 0 Å². The summed E-state index contributed by atoms with van der Waals surface area (Å²) < 4.78 is 5.77. The molecule has 0 spiro atoms. The molecule has 0 aliphatic heterocycles. The van der Waals surface area contributed by atoms with Gasteiger partial charge in [0.2, 0.25) is 29.5 Å². The van der Waals surface area contributed by atoms with Gasteiger partial charge in [-0.15, -0.1) is 0 Å². The van der Waals surface area contributed by atoms with Crippen LogP contribution >= 0.6 is 0 Å². The van der Waals surface area contributed by atoms with Crippen molar-refractivity contribution in [3.8, 4) is 0 Å². The van der Waals surface area contributed by atoms with Gasteiger partial charge in [-0.3, -0.25) is 28.8 Å². The van der Waals surface area contributed by atoms with Gasteiger partial charge in [0.15, 0.2) is 0 Å². The third-order valence-corrected chi connectivity index (χ3v) is 8.98. The number of likely N-dealkylation sites (N-methyl/N-ethyl adjacent to an activating group) is 1. The minimum absolute atomic E-state index is 0.0121. The first-order chi connectivity index (χ1) is 23.5. The Labute approximate surface area is 299 Å². The molecule has 0 aliphatic carbocycles. The fourth-order valence-electron chi connectivity index (χ4n) is 5.47. The predicted octanol–water partition coefficient (Wildman–Crippen LogP) is 2.32. The second-order valence-corrected chi connectivity index (χ2v) is 13.9. The lowest BCUT2D eigenvalue weighted by Crippen LogP contribution is -2.58. The van der Waals surface area contributed by atoms with E-state index in [4.69, 9.17) is 10.5 Å². The lowest BCUT2D eigenvalue weighted by Gasteiger charge is -2.34. The third-order valence-electron chi connectivity index (χ3n) is 8.98. The molecule has 0 saturated carbocycles. The van der Waals surface area contributed by atoms with Crippen molar-refractivity contribution >= 4 is 35.5 Å². The zero-order valence-corrected chi connectivity index (χ0v) is 31.8. The Hall–Kier alpha value is -3.26. The standard InChI is InChI=1S/C36H67N5O9/c1-9-11-12-13-14-15-16-17-19-30(50-31(44)21-38-33(46)24(5)26(7)43)25(6)36(49)41(8)29(20-23(3)4)35(48)39-27(18-10-2)34(47)40-28(22-42)32(37)45/h23-30,42-43H,9-22H2,1-8H3,(H2,37,45)(H,38,46)(H,39,48)(H,40,47)/t24-,25+,26-,27-,28-,29-,30+/m0/s1. The second kappa shape index (κ2) is 25.7. The van der Waals surface area contributed by atoms with E-state index in [0.29, 0.717) is 19.3 Å². The van der Waals surface area contributed by atoms with E-state index in [-0.39, 0.29) is 18.8 Å². The van der Waals surface area contributed by atoms with Crippen molar-refractivity contribution in [2.24, 2.45) is 23.5 Å². The molecule has 0 saturated heterocycles. The van der Waals surface area contributed by atoms with Gasteiger partial charge in [-0.05, 0) is 38.5 Å². The predicted molar refractivity (Wildman–Crippen MR) is 191 cm³/mol. The van der Waals surface area contributed by atoms with Gasteiger partial charge < -0.3 is 41.5 Å². The lowest BCUT2D eigenvalue weighted by atomic mass is 9.94. The highest BCUT2D eigenvalue weighted by molar-refractivity contribution is 5.94. The monoisotopic (exact) mass is 713 g/mol. The maximum atomic E-state index is 14.0. The first-order valence-electron chi connectivity index (χ1n) is 18.4. The molecule has 14 heteroatoms. The van der Waals surface area contributed by atoms with E-state index in [2.05, 4.69) is 22.9 Å². The van der Waals surface area contributed by atoms with E-state index in [1.54, 1.807) is 13.8 Å². The molecular formula is C36H67N5O9. The summed E-state index contributed by atoms with van der Waals surface area (Å²) in [6.45, 7) is 11.3. The Morgan fingerprint density at radius 2 is 1.30 bits per heavy atom. The van der Waals surface area contributed by atoms with Gasteiger partial charge in [0.1, 0.15) is 30.8 Å². The first kappa shape index (κ1) is 46.7. The van der Waals surface area contributed by atoms with Gasteiger partial charge in [0, 0.05) is 7.05 Å². The summed E-state index contributed by atoms with van der Waals surface area (Å²) in [5, 5.41) is 26.7. The molecule has 0 aromatic carbocycles. The Morgan fingerprint density at radius 1 is 0.740 bits per heavy atom. The molecule has 0 rings (SSSR count). The van der Waals surface area contributed by atoms with Crippen molar-refractivity contribution in [2.45, 2.75) is 156 Å². The number of esters is 1. The highest BCUT2D eigenvalue weighted by Gasteiger charge is 2.36. The van der Waals surface area contributed by atoms with Crippen molar-refractivity contribution in [3.63, 3.8) is 0 Å². The van der Waals surface area contributed by atoms with Crippen molar-refractivity contribution in [2.75, 3.05) is 20.2 Å². The Kier molecular flexibility index (Phi) is 24.0. The molecule has 290 valence electrons. The van der Waals surface area contributed by atoms with Crippen LogP contribution in [0, 0.1) is 17.8 Å². The zero-order chi connectivity index (χ0) is 38.4. The molecule has 0 fully saturated rings. The number of rotatable bonds is 27. The van der Waals surface area contributed by atoms with E-state index in [1.807, 2.05) is 20.8 Å². The Bertz CT molecular complexity index is 1050. The molecule has 0 heterocycles. The summed E-state index contributed by atoms with van der Waals surface area (Å²) >= 11 is 0. The summed E-state index contributed by atoms with van der Waals surface area (Å²) in [6, 6.07) is -3.33. The Balaban J connectivity index is 5.93. The van der Waals surface area contributed by atoms with Crippen LogP contribution in [0.2, 0.25) is 0 Å². The molecular weight excluding hydrogens is 646 g/mol. The van der Waals surface area contributed by atoms with Crippen LogP contribution in [0.15, 0.2) is 0 Å². The minimum atomic E-state index is -1.31. The number of amides is 5. The maximum absolute atomic E-state index is 14.0. The zero-order valence-electron chi connectivity index (χ0n) is 31.8. The fourth-order valence-corrected chi connectivity index (χ4v) is 5.47. The quantitative estimate of drug-likeness (QED) is 0.0543. The molecule has 0 radical (unpaired) electrons. The van der Waals surface area contributed by atoms with Gasteiger partial charge in [-0.25, -0.2) is 0 Å². The second-order valence-electron chi connectivity index (χ2n) is 13.9. The van der Waals surface area contributed by atoms with Crippen molar-refractivity contribution in [1.82, 2.24) is 20.9 Å². The van der Waals surface area contributed by atoms with Crippen LogP contribution < -0.4 is 21.7 Å². The molecule has 0 aliphatic rings. The summed E-state index contributed by atoms with van der Waals surface area (Å²) in [6.07, 6.45) is 8.16. The number of nitrogens with two attached hydrogens (primary N) is 1. The van der Waals surface area contributed by atoms with Crippen LogP contribution in [0.25, 0.3) is 0 Å². The van der Waals surface area contributed by atoms with Crippen LogP contribution in [0.3, 0.4) is 0 Å². The first-order valence-corrected chi connectivity index (χ1v) is 18.4. The van der Waals surface area contributed by atoms with Crippen LogP contribution in [0.1, 0.15) is 126 Å². The number of ether oxygens (including phenoxy) is 1. The number of hydrogen-bond acceptors (Lipinski definition) is 9. The molecule has 0 unspecified atom stereocenters. The summed E-state index contributed by atoms with van der Waals surface area (Å²) in [5.41, 5.74) is 5.25. The molecule has 14 nitrogen and oxygen atoms in total. The number of aliphatic hydroxyl groups excluding tert-OH is 2. The average molecular weight is 714 g/mol. The lowest BCUT2D eigenvalue weighted by molar-refractivity contribution is -0.158. The molecule has 5 amide bonds. The molecule has 50 heavy (non-hydrogen) atoms. The Morgan fingerprint density at radius 3 is 1.80 bits per heavy atom. The van der Waals surface area contributed by atoms with Crippen LogP contribution in [-0.2, 0) is 33.5 Å². The summed E-state index contributed by atoms with van der Waals surface area (Å²) in [5.74, 6) is -5.39. The number of hydrogen-bond donors (Lipinski definition) is 6. The topological polar surface area (TPSA) is 217 Å². The average Bonchev–Trinajstić information content (AvgIpc) is 3.06. The van der Waals surface area contributed by atoms with Crippen LogP contribution in [0.5, 0.6) is 0 Å². The molecule has 0 aromatic rings. The van der Waals surface area contributed by atoms with Gasteiger partial charge in [-0.1, -0.05) is 92.9 Å². The van der Waals surface area contributed by atoms with E-state index < -0.39 is 90.8 Å². The number of primary amides is 1. The fraction of sp³-hybridized carbons (Fsp3) is 0.833. The van der Waals surface area contributed by atoms with Crippen molar-refractivity contribution in [3.05, 3.63) is 0 Å². The van der Waals surface area contributed by atoms with Gasteiger partial charge >= 0.3 is 5.97 Å². The SMILES string of the molecule is CCCCCCCCCC[C@@H](OC(=O)CNC(=O)[C@@H](C)[C@H](C)O)[C@@H](C)C(=O)N(C)[C@@H](CC(C)C)C(=O)N[C@@H](CCC)C(=O)N[C@@H](CO)C(N)=O. The minimum Gasteiger partial charge on any atom is -0.460 e. The molecule has 0 bridgehead atoms. The van der Waals surface area contributed by atoms with E-state index in [0.717, 1.165) is 25.7 Å². The number of unbranched alkanes of at least 4 members (excludes halogenated alkanes) is 7. The number of nitrogens with zero attached hydrogens (tertiary/aromatic N) is 1. The van der Waals surface area contributed by atoms with Gasteiger partial charge in [0.05, 0.1) is 24.5 Å². The van der Waals surface area contributed by atoms with E-state index in [1.165, 1.54) is 38.1 Å². The van der Waals surface area contributed by atoms with Crippen LogP contribution in [0.4, 0.5) is 0 Å². The highest BCUT2D eigenvalue weighted by atomic mass is 16.5. The third kappa shape index (κ3) is 18.1. The van der Waals surface area contributed by atoms with Crippen molar-refractivity contribution < 1.29 is 43.7 Å². The maximum Gasteiger partial charge on any atom is 0.325 e. The highest BCUT2D eigenvalue weighted by Crippen LogP contribution is 2.22. The molecule has 7 N–H and O–H groups in total. The van der Waals surface area contributed by atoms with Crippen molar-refractivity contribution in [1.29, 1.82) is 0 Å². The summed E-state index contributed by atoms with van der Waals surface area (Å²) in [7, 11) is 1.50. The largest absolute Gasteiger partial charge is 0.460 e. The van der Waals surface area contributed by atoms with E-state index in [9.17, 15) is 39.0 Å². The number of aliphatic hydroxyl groups is 2. The van der Waals surface area contributed by atoms with Crippen LogP contribution in [-0.4, -0.2) is 101 Å². The van der Waals surface area contributed by atoms with Gasteiger partial charge in [0.25, 0.3) is 0 Å². The summed E-state index contributed by atoms with van der Waals surface area (Å²) in [4.78, 5) is 78.7.